The molecule has 2 N–H and O–H groups in total. The van der Waals surface area contributed by atoms with Gasteiger partial charge in [-0.1, -0.05) is 144 Å². The summed E-state index contributed by atoms with van der Waals surface area (Å²) in [5, 5.41) is 52.3. The molecule has 8 aromatic carbocycles. The number of carbonyl (C=O) groups excluding carboxylic acids is 4. The predicted molar refractivity (Wildman–Crippen MR) is 407 cm³/mol. The Bertz CT molecular complexity index is 5160. The molecule has 0 saturated heterocycles. The van der Waals surface area contributed by atoms with Crippen LogP contribution in [0, 0.1) is 104 Å². The number of aryl methyl sites for hydroxylation is 2. The van der Waals surface area contributed by atoms with E-state index in [2.05, 4.69) is 38.6 Å². The minimum absolute atomic E-state index is 0.0169. The maximum atomic E-state index is 14.4. The fourth-order valence-corrected chi connectivity index (χ4v) is 22.5. The second-order valence-electron chi connectivity index (χ2n) is 27.2. The Morgan fingerprint density at radius 3 is 0.936 bits per heavy atom. The molecule has 8 atom stereocenters. The van der Waals surface area contributed by atoms with E-state index in [1.165, 1.54) is 94.8 Å². The van der Waals surface area contributed by atoms with E-state index in [1.807, 2.05) is 97.1 Å². The number of hydrogen-bond acceptors (Lipinski definition) is 16. The third-order valence-electron chi connectivity index (χ3n) is 20.7. The summed E-state index contributed by atoms with van der Waals surface area (Å²) in [4.78, 5) is 46.5. The number of nitrogens with zero attached hydrogens (tertiary/aromatic N) is 11. The lowest BCUT2D eigenvalue weighted by atomic mass is 9.77. The van der Waals surface area contributed by atoms with Crippen LogP contribution in [-0.4, -0.2) is 70.4 Å². The van der Waals surface area contributed by atoms with Crippen molar-refractivity contribution < 1.29 is 54.3 Å². The number of nitrogens with two attached hydrogens (primary N) is 1. The summed E-state index contributed by atoms with van der Waals surface area (Å²) in [5.41, 5.74) is 14.0. The van der Waals surface area contributed by atoms with Crippen LogP contribution in [0.4, 0.5) is 35.1 Å². The number of hydrogen-bond donors (Lipinski definition) is 1. The molecule has 0 saturated carbocycles. The van der Waals surface area contributed by atoms with E-state index < -0.39 is 66.0 Å². The summed E-state index contributed by atoms with van der Waals surface area (Å²) in [6.45, 7) is 6.10. The smallest absolute Gasteiger partial charge is 0.241 e. The molecule has 110 heavy (non-hydrogen) atoms. The summed E-state index contributed by atoms with van der Waals surface area (Å²) in [6, 6.07) is 50.5. The quantitative estimate of drug-likeness (QED) is 0.133. The lowest BCUT2D eigenvalue weighted by molar-refractivity contribution is -0.134. The van der Waals surface area contributed by atoms with Gasteiger partial charge in [-0.05, 0) is 169 Å². The molecule has 8 aliphatic rings. The summed E-state index contributed by atoms with van der Waals surface area (Å²) in [6.07, 6.45) is 5.76. The Morgan fingerprint density at radius 1 is 0.391 bits per heavy atom. The normalized spacial score (nSPS) is 23.4. The monoisotopic (exact) mass is 1560 g/mol. The fraction of sp³-hybridized carbons (Fsp3) is 0.280. The highest BCUT2D eigenvalue weighted by Crippen LogP contribution is 2.62. The van der Waals surface area contributed by atoms with E-state index in [0.29, 0.717) is 37.3 Å². The average molecular weight is 1570 g/mol. The van der Waals surface area contributed by atoms with Crippen molar-refractivity contribution in [2.24, 2.45) is 49.8 Å². The molecule has 4 spiro atoms. The molecule has 0 aromatic heterocycles. The molecule has 16 nitrogen and oxygen atoms in total. The number of amides is 4. The molecule has 4 aliphatic heterocycles. The van der Waals surface area contributed by atoms with Crippen LogP contribution in [0.2, 0.25) is 0 Å². The highest BCUT2D eigenvalue weighted by atomic mass is 32.2. The number of nitriles is 3. The number of benzene rings is 8. The molecule has 4 aliphatic carbocycles. The average Bonchev–Trinajstić information content (AvgIpc) is 1.57. The third-order valence-corrected chi connectivity index (χ3v) is 26.8. The molecule has 4 amide bonds. The van der Waals surface area contributed by atoms with Crippen molar-refractivity contribution in [1.82, 2.24) is 20.0 Å². The Kier molecular flexibility index (Phi) is 22.5. The van der Waals surface area contributed by atoms with E-state index in [4.69, 9.17) is 5.73 Å². The molecule has 0 fully saturated rings. The first kappa shape index (κ1) is 77.7. The van der Waals surface area contributed by atoms with Gasteiger partial charge < -0.3 is 5.73 Å². The van der Waals surface area contributed by atoms with Gasteiger partial charge in [-0.25, -0.2) is 55.2 Å². The molecular weight excluding hydrogens is 1500 g/mol. The molecule has 0 radical (unpaired) electrons. The largest absolute Gasteiger partial charge is 0.330 e. The lowest BCUT2D eigenvalue weighted by Gasteiger charge is -2.45. The SMILES string of the molecule is CC(=O)N1N=C(c2cc(F)ccc2F)SC12c1ccccc1CC2CC#N.CC(=O)N1N=C(c2cc(F)ccc2F)SC12c1ccccc1CC2CCN.CC(=O)N1N=C(c2cc(F)ccc2F)S[C@]12c1ccccc1CC[C@@H]2CC#N.CC(=O)N1N=C(c2cc(F)ccc2F)S[C@]12c1ccccc1CC[C@H]2CC#N. The van der Waals surface area contributed by atoms with Crippen LogP contribution in [-0.2, 0) is 64.3 Å². The molecule has 560 valence electrons. The van der Waals surface area contributed by atoms with Crippen LogP contribution in [0.5, 0.6) is 0 Å². The first-order valence-electron chi connectivity index (χ1n) is 35.2. The highest BCUT2D eigenvalue weighted by molar-refractivity contribution is 8.16. The first-order valence-corrected chi connectivity index (χ1v) is 38.4. The standard InChI is InChI=1S/2C21H17F2N3OS.C20H19F2N3OS.C20H15F2N3OS/c2*1-13(27)26-21(28-20(25-26)17-12-16(22)8-9-19(17)23)15(10-11-24)7-6-14-4-2-3-5-18(14)21;2*1-12(26)25-20(14(8-9-23)10-13-4-2-3-5-17(13)20)27-19(24-25)16-11-15(21)6-7-18(16)22/h2*2-5,8-9,12,15H,6-7,10H2,1H3;2-7,11,14H,8-10,23H2,1H3;2-7,11,14H,8,10H2,1H3/t15-,21+;15-,21-;;/m01../s1. The zero-order valence-electron chi connectivity index (χ0n) is 59.5. The molecule has 28 heteroatoms. The molecule has 16 rings (SSSR count). The van der Waals surface area contributed by atoms with Crippen molar-refractivity contribution >= 4 is 90.9 Å². The minimum atomic E-state index is -0.940. The zero-order valence-corrected chi connectivity index (χ0v) is 62.8. The maximum absolute atomic E-state index is 14.4. The van der Waals surface area contributed by atoms with Gasteiger partial charge in [0.2, 0.25) is 23.6 Å². The second-order valence-corrected chi connectivity index (χ2v) is 32.1. The minimum Gasteiger partial charge on any atom is -0.330 e. The van der Waals surface area contributed by atoms with E-state index >= 15 is 0 Å². The van der Waals surface area contributed by atoms with Gasteiger partial charge in [0.1, 0.15) is 86.2 Å². The Hall–Kier alpha value is -10.4. The van der Waals surface area contributed by atoms with Crippen molar-refractivity contribution in [3.8, 4) is 18.2 Å². The zero-order chi connectivity index (χ0) is 78.1. The number of carbonyl (C=O) groups is 4. The van der Waals surface area contributed by atoms with E-state index in [-0.39, 0.29) is 104 Å². The number of hydrazone groups is 4. The van der Waals surface area contributed by atoms with Crippen LogP contribution in [0.15, 0.2) is 190 Å². The number of halogens is 8. The van der Waals surface area contributed by atoms with E-state index in [9.17, 15) is 70.1 Å². The molecule has 4 heterocycles. The van der Waals surface area contributed by atoms with Crippen molar-refractivity contribution in [3.05, 3.63) is 283 Å². The number of rotatable bonds is 9. The number of fused-ring (bicyclic) bond motifs is 8. The molecule has 4 unspecified atom stereocenters. The predicted octanol–water partition coefficient (Wildman–Crippen LogP) is 16.9. The van der Waals surface area contributed by atoms with E-state index in [0.717, 1.165) is 137 Å². The Labute approximate surface area is 646 Å². The molecular formula is C82H68F8N12O4S4. The van der Waals surface area contributed by atoms with Gasteiger partial charge in [0, 0.05) is 92.9 Å². The van der Waals surface area contributed by atoms with Gasteiger partial charge in [0.05, 0.1) is 18.2 Å². The van der Waals surface area contributed by atoms with E-state index in [1.54, 1.807) is 0 Å². The highest BCUT2D eigenvalue weighted by Gasteiger charge is 2.61. The van der Waals surface area contributed by atoms with Crippen LogP contribution in [0.25, 0.3) is 0 Å². The van der Waals surface area contributed by atoms with Crippen LogP contribution in [0.1, 0.15) is 133 Å². The third kappa shape index (κ3) is 13.9. The van der Waals surface area contributed by atoms with Crippen LogP contribution in [0.3, 0.4) is 0 Å². The fourth-order valence-electron chi connectivity index (χ4n) is 16.0. The van der Waals surface area contributed by atoms with Crippen molar-refractivity contribution in [2.75, 3.05) is 6.54 Å². The van der Waals surface area contributed by atoms with Gasteiger partial charge in [0.25, 0.3) is 0 Å². The van der Waals surface area contributed by atoms with Gasteiger partial charge in [-0.15, -0.1) is 0 Å². The van der Waals surface area contributed by atoms with Gasteiger partial charge in [-0.2, -0.15) is 36.2 Å². The summed E-state index contributed by atoms with van der Waals surface area (Å²) >= 11 is 5.01. The van der Waals surface area contributed by atoms with Crippen molar-refractivity contribution in [1.29, 1.82) is 15.8 Å². The summed E-state index contributed by atoms with van der Waals surface area (Å²) in [7, 11) is 0. The maximum Gasteiger partial charge on any atom is 0.241 e. The van der Waals surface area contributed by atoms with Crippen LogP contribution >= 0.6 is 47.0 Å². The van der Waals surface area contributed by atoms with Crippen LogP contribution < -0.4 is 5.73 Å². The molecule has 0 bridgehead atoms. The number of thioether (sulfide) groups is 4. The molecule has 8 aromatic rings. The topological polar surface area (TPSA) is 228 Å². The lowest BCUT2D eigenvalue weighted by Crippen LogP contribution is -2.48. The van der Waals surface area contributed by atoms with Crippen molar-refractivity contribution in [2.45, 2.75) is 111 Å². The first-order chi connectivity index (χ1) is 52.9. The Balaban J connectivity index is 0.000000129. The van der Waals surface area contributed by atoms with Crippen molar-refractivity contribution in [3.63, 3.8) is 0 Å². The Morgan fingerprint density at radius 2 is 0.645 bits per heavy atom. The summed E-state index contributed by atoms with van der Waals surface area (Å²) in [5.74, 6) is -6.35. The van der Waals surface area contributed by atoms with Gasteiger partial charge in [-0.3, -0.25) is 19.2 Å². The van der Waals surface area contributed by atoms with Gasteiger partial charge >= 0.3 is 0 Å². The van der Waals surface area contributed by atoms with Gasteiger partial charge in [0.15, 0.2) is 0 Å². The summed E-state index contributed by atoms with van der Waals surface area (Å²) < 4.78 is 113. The second kappa shape index (κ2) is 31.9.